The predicted octanol–water partition coefficient (Wildman–Crippen LogP) is 4.73. The van der Waals surface area contributed by atoms with Crippen LogP contribution in [0.4, 0.5) is 11.4 Å². The van der Waals surface area contributed by atoms with Crippen LogP contribution in [-0.2, 0) is 10.0 Å². The van der Waals surface area contributed by atoms with Gasteiger partial charge in [0.1, 0.15) is 0 Å². The molecule has 7 heteroatoms. The quantitative estimate of drug-likeness (QED) is 0.656. The number of nitrogens with zero attached hydrogens (tertiary/aromatic N) is 1. The van der Waals surface area contributed by atoms with Crippen molar-refractivity contribution >= 4 is 38.9 Å². The summed E-state index contributed by atoms with van der Waals surface area (Å²) in [5, 5.41) is 2.95. The van der Waals surface area contributed by atoms with Crippen LogP contribution in [0.5, 0.6) is 0 Å². The smallest absolute Gasteiger partial charge is 0.264 e. The summed E-state index contributed by atoms with van der Waals surface area (Å²) in [4.78, 5) is 12.7. The Kier molecular flexibility index (Phi) is 5.72. The van der Waals surface area contributed by atoms with E-state index in [1.54, 1.807) is 30.3 Å². The zero-order chi connectivity index (χ0) is 20.3. The molecule has 0 unspecified atom stereocenters. The zero-order valence-corrected chi connectivity index (χ0v) is 17.0. The molecule has 0 saturated carbocycles. The first kappa shape index (κ1) is 19.9. The fourth-order valence-electron chi connectivity index (χ4n) is 2.69. The summed E-state index contributed by atoms with van der Waals surface area (Å²) in [5.41, 5.74) is 2.30. The van der Waals surface area contributed by atoms with Crippen LogP contribution in [0.3, 0.4) is 0 Å². The van der Waals surface area contributed by atoms with E-state index in [2.05, 4.69) is 5.32 Å². The van der Waals surface area contributed by atoms with Crippen molar-refractivity contribution in [2.75, 3.05) is 16.7 Å². The summed E-state index contributed by atoms with van der Waals surface area (Å²) in [6.07, 6.45) is 0. The lowest BCUT2D eigenvalue weighted by Gasteiger charge is -2.20. The van der Waals surface area contributed by atoms with Gasteiger partial charge in [-0.15, -0.1) is 0 Å². The van der Waals surface area contributed by atoms with Gasteiger partial charge in [-0.2, -0.15) is 0 Å². The first-order chi connectivity index (χ1) is 13.3. The second-order valence-corrected chi connectivity index (χ2v) is 8.65. The summed E-state index contributed by atoms with van der Waals surface area (Å²) in [5.74, 6) is -0.365. The molecule has 1 amide bonds. The highest BCUT2D eigenvalue weighted by Gasteiger charge is 2.22. The molecule has 0 spiro atoms. The van der Waals surface area contributed by atoms with Crippen LogP contribution in [0.2, 0.25) is 5.02 Å². The minimum atomic E-state index is -3.72. The van der Waals surface area contributed by atoms with Gasteiger partial charge >= 0.3 is 0 Å². The molecule has 0 bridgehead atoms. The third-order valence-corrected chi connectivity index (χ3v) is 6.35. The van der Waals surface area contributed by atoms with Gasteiger partial charge in [-0.05, 0) is 55.0 Å². The van der Waals surface area contributed by atoms with Crippen LogP contribution in [0.15, 0.2) is 77.7 Å². The monoisotopic (exact) mass is 414 g/mol. The second kappa shape index (κ2) is 8.04. The molecule has 0 aliphatic rings. The lowest BCUT2D eigenvalue weighted by atomic mass is 10.1. The van der Waals surface area contributed by atoms with Crippen molar-refractivity contribution in [1.82, 2.24) is 0 Å². The van der Waals surface area contributed by atoms with Gasteiger partial charge in [-0.3, -0.25) is 9.10 Å². The Labute approximate surface area is 169 Å². The number of carbonyl (C=O) groups is 1. The fourth-order valence-corrected chi connectivity index (χ4v) is 4.16. The largest absolute Gasteiger partial charge is 0.322 e. The summed E-state index contributed by atoms with van der Waals surface area (Å²) >= 11 is 6.28. The van der Waals surface area contributed by atoms with Gasteiger partial charge in [-0.25, -0.2) is 8.42 Å². The summed E-state index contributed by atoms with van der Waals surface area (Å²) in [6.45, 7) is 1.93. The van der Waals surface area contributed by atoms with E-state index < -0.39 is 10.0 Å². The van der Waals surface area contributed by atoms with Gasteiger partial charge in [0, 0.05) is 12.7 Å². The fraction of sp³-hybridized carbons (Fsp3) is 0.0952. The molecule has 0 aliphatic carbocycles. The molecule has 0 atom stereocenters. The number of amides is 1. The van der Waals surface area contributed by atoms with Crippen LogP contribution < -0.4 is 9.62 Å². The average Bonchev–Trinajstić information content (AvgIpc) is 2.68. The van der Waals surface area contributed by atoms with Crippen molar-refractivity contribution in [2.45, 2.75) is 11.8 Å². The maximum atomic E-state index is 12.7. The van der Waals surface area contributed by atoms with E-state index in [-0.39, 0.29) is 21.4 Å². The van der Waals surface area contributed by atoms with Crippen LogP contribution in [-0.4, -0.2) is 21.4 Å². The third kappa shape index (κ3) is 4.18. The van der Waals surface area contributed by atoms with E-state index in [4.69, 9.17) is 11.6 Å². The molecule has 0 radical (unpaired) electrons. The molecule has 0 saturated heterocycles. The standard InChI is InChI=1S/C21H19ClN2O3S/c1-15-7-6-8-16(13-15)23-21(25)19-12-11-17(14-20(19)22)24(2)28(26,27)18-9-4-3-5-10-18/h3-14H,1-2H3,(H,23,25). The highest BCUT2D eigenvalue weighted by atomic mass is 35.5. The van der Waals surface area contributed by atoms with Crippen molar-refractivity contribution in [3.8, 4) is 0 Å². The second-order valence-electron chi connectivity index (χ2n) is 6.27. The first-order valence-electron chi connectivity index (χ1n) is 8.50. The van der Waals surface area contributed by atoms with E-state index in [1.807, 2.05) is 25.1 Å². The molecule has 3 aromatic rings. The Morgan fingerprint density at radius 1 is 0.964 bits per heavy atom. The number of hydrogen-bond donors (Lipinski definition) is 1. The molecule has 1 N–H and O–H groups in total. The zero-order valence-electron chi connectivity index (χ0n) is 15.4. The van der Waals surface area contributed by atoms with E-state index in [0.29, 0.717) is 11.4 Å². The van der Waals surface area contributed by atoms with Crippen molar-refractivity contribution in [2.24, 2.45) is 0 Å². The van der Waals surface area contributed by atoms with E-state index >= 15 is 0 Å². The van der Waals surface area contributed by atoms with Crippen LogP contribution in [0, 0.1) is 6.92 Å². The topological polar surface area (TPSA) is 66.5 Å². The number of sulfonamides is 1. The van der Waals surface area contributed by atoms with Crippen molar-refractivity contribution < 1.29 is 13.2 Å². The molecule has 5 nitrogen and oxygen atoms in total. The van der Waals surface area contributed by atoms with Gasteiger partial charge in [0.2, 0.25) is 0 Å². The van der Waals surface area contributed by atoms with Gasteiger partial charge in [-0.1, -0.05) is 41.9 Å². The van der Waals surface area contributed by atoms with Gasteiger partial charge in [0.05, 0.1) is 21.2 Å². The Morgan fingerprint density at radius 3 is 2.32 bits per heavy atom. The molecule has 3 aromatic carbocycles. The number of hydrogen-bond acceptors (Lipinski definition) is 3. The lowest BCUT2D eigenvalue weighted by molar-refractivity contribution is 0.102. The van der Waals surface area contributed by atoms with E-state index in [0.717, 1.165) is 9.87 Å². The van der Waals surface area contributed by atoms with Gasteiger partial charge in [0.15, 0.2) is 0 Å². The predicted molar refractivity (Wildman–Crippen MR) is 113 cm³/mol. The Balaban J connectivity index is 1.85. The van der Waals surface area contributed by atoms with Crippen molar-refractivity contribution in [3.05, 3.63) is 88.9 Å². The summed E-state index contributed by atoms with van der Waals surface area (Å²) < 4.78 is 26.6. The summed E-state index contributed by atoms with van der Waals surface area (Å²) in [7, 11) is -2.28. The van der Waals surface area contributed by atoms with Gasteiger partial charge < -0.3 is 5.32 Å². The lowest BCUT2D eigenvalue weighted by Crippen LogP contribution is -2.26. The summed E-state index contributed by atoms with van der Waals surface area (Å²) in [6, 6.07) is 20.1. The minimum absolute atomic E-state index is 0.165. The van der Waals surface area contributed by atoms with Crippen LogP contribution >= 0.6 is 11.6 Å². The van der Waals surface area contributed by atoms with Crippen LogP contribution in [0.25, 0.3) is 0 Å². The average molecular weight is 415 g/mol. The number of carbonyl (C=O) groups excluding carboxylic acids is 1. The minimum Gasteiger partial charge on any atom is -0.322 e. The third-order valence-electron chi connectivity index (χ3n) is 4.24. The molecule has 0 fully saturated rings. The highest BCUT2D eigenvalue weighted by Crippen LogP contribution is 2.27. The Hall–Kier alpha value is -2.83. The molecular weight excluding hydrogens is 396 g/mol. The highest BCUT2D eigenvalue weighted by molar-refractivity contribution is 7.92. The maximum Gasteiger partial charge on any atom is 0.264 e. The van der Waals surface area contributed by atoms with E-state index in [9.17, 15) is 13.2 Å². The van der Waals surface area contributed by atoms with Crippen molar-refractivity contribution in [1.29, 1.82) is 0 Å². The van der Waals surface area contributed by atoms with Gasteiger partial charge in [0.25, 0.3) is 15.9 Å². The molecule has 0 aromatic heterocycles. The van der Waals surface area contributed by atoms with E-state index in [1.165, 1.54) is 31.3 Å². The molecule has 28 heavy (non-hydrogen) atoms. The maximum absolute atomic E-state index is 12.7. The Morgan fingerprint density at radius 2 is 1.68 bits per heavy atom. The van der Waals surface area contributed by atoms with Crippen LogP contribution in [0.1, 0.15) is 15.9 Å². The number of benzene rings is 3. The number of nitrogens with one attached hydrogen (secondary N) is 1. The van der Waals surface area contributed by atoms with Crippen molar-refractivity contribution in [3.63, 3.8) is 0 Å². The normalized spacial score (nSPS) is 11.1. The number of halogens is 1. The number of anilines is 2. The molecule has 144 valence electrons. The molecule has 0 aliphatic heterocycles. The molecular formula is C21H19ClN2O3S. The first-order valence-corrected chi connectivity index (χ1v) is 10.3. The Bertz CT molecular complexity index is 1120. The molecule has 0 heterocycles. The SMILES string of the molecule is Cc1cccc(NC(=O)c2ccc(N(C)S(=O)(=O)c3ccccc3)cc2Cl)c1. The number of aryl methyl sites for hydroxylation is 1. The molecule has 3 rings (SSSR count). The number of rotatable bonds is 5.